The molecule has 3 aromatic carbocycles. The maximum Gasteiger partial charge on any atom is 0.330 e. The van der Waals surface area contributed by atoms with E-state index in [-0.39, 0.29) is 28.4 Å². The molecular formula is C36H36O17. The number of hydrogen-bond donors (Lipinski definition) is 9. The molecule has 17 heteroatoms. The van der Waals surface area contributed by atoms with Crippen LogP contribution in [0.2, 0.25) is 0 Å². The van der Waals surface area contributed by atoms with E-state index in [2.05, 4.69) is 0 Å². The first-order valence-electron chi connectivity index (χ1n) is 16.2. The Labute approximate surface area is 299 Å². The lowest BCUT2D eigenvalue weighted by atomic mass is 9.97. The molecule has 2 aliphatic rings. The van der Waals surface area contributed by atoms with Crippen molar-refractivity contribution in [1.82, 2.24) is 0 Å². The molecule has 0 unspecified atom stereocenters. The van der Waals surface area contributed by atoms with Gasteiger partial charge in [-0.25, -0.2) is 4.79 Å². The Hall–Kier alpha value is -5.24. The third-order valence-corrected chi connectivity index (χ3v) is 8.72. The number of aliphatic hydroxyl groups is 5. The molecule has 6 rings (SSSR count). The number of phenolic OH excluding ortho intramolecular Hbond substituents is 4. The number of benzene rings is 3. The second-order valence-electron chi connectivity index (χ2n) is 12.5. The van der Waals surface area contributed by atoms with E-state index in [9.17, 15) is 55.5 Å². The summed E-state index contributed by atoms with van der Waals surface area (Å²) < 4.78 is 34.3. The number of aliphatic hydroxyl groups excluding tert-OH is 5. The van der Waals surface area contributed by atoms with Gasteiger partial charge in [-0.2, -0.15) is 0 Å². The Bertz CT molecular complexity index is 2010. The zero-order chi connectivity index (χ0) is 38.1. The van der Waals surface area contributed by atoms with Crippen molar-refractivity contribution in [3.05, 3.63) is 82.5 Å². The molecule has 282 valence electrons. The van der Waals surface area contributed by atoms with Gasteiger partial charge in [0.15, 0.2) is 18.2 Å². The van der Waals surface area contributed by atoms with Crippen LogP contribution in [0.3, 0.4) is 0 Å². The second kappa shape index (κ2) is 15.4. The van der Waals surface area contributed by atoms with Crippen molar-refractivity contribution in [1.29, 1.82) is 0 Å². The van der Waals surface area contributed by atoms with Crippen molar-refractivity contribution < 1.29 is 78.9 Å². The van der Waals surface area contributed by atoms with Crippen LogP contribution in [-0.2, 0) is 23.7 Å². The molecule has 0 spiro atoms. The number of rotatable bonds is 9. The maximum absolute atomic E-state index is 13.9. The summed E-state index contributed by atoms with van der Waals surface area (Å²) in [6, 6.07) is 13.2. The molecule has 2 aliphatic heterocycles. The minimum Gasteiger partial charge on any atom is -0.508 e. The standard InChI is InChI=1S/C36H36O17/c1-15-26(42)30(46)34(53-35-31(47)29(45)27(43)23(51-35)14-48-24(41)11-4-16-2-7-18(37)8-3-16)36(49-15)52-33-28(44)25-21(40)12-20(39)13-22(25)50-32(33)17-5-9-19(38)10-6-17/h2-13,15,23,26-27,29-31,34-40,42-43,45-47H,14H2,1H3/b11-4+/t15-,23-,26-,27-,29+,30+,31-,34+,35+,36+/m1/s1. The molecule has 0 bridgehead atoms. The molecule has 9 N–H and O–H groups in total. The van der Waals surface area contributed by atoms with Gasteiger partial charge in [-0.3, -0.25) is 4.79 Å². The van der Waals surface area contributed by atoms with Gasteiger partial charge in [-0.05, 0) is 55.0 Å². The molecule has 3 heterocycles. The van der Waals surface area contributed by atoms with E-state index in [4.69, 9.17) is 28.1 Å². The highest BCUT2D eigenvalue weighted by molar-refractivity contribution is 5.88. The molecule has 0 saturated carbocycles. The fourth-order valence-corrected chi connectivity index (χ4v) is 5.82. The zero-order valence-corrected chi connectivity index (χ0v) is 27.7. The molecule has 0 radical (unpaired) electrons. The summed E-state index contributed by atoms with van der Waals surface area (Å²) in [7, 11) is 0. The fourth-order valence-electron chi connectivity index (χ4n) is 5.82. The Kier molecular flexibility index (Phi) is 10.9. The maximum atomic E-state index is 13.9. The molecule has 2 fully saturated rings. The van der Waals surface area contributed by atoms with Crippen LogP contribution in [0.1, 0.15) is 12.5 Å². The molecule has 53 heavy (non-hydrogen) atoms. The number of aromatic hydroxyl groups is 4. The van der Waals surface area contributed by atoms with Gasteiger partial charge in [0.05, 0.1) is 6.10 Å². The van der Waals surface area contributed by atoms with Gasteiger partial charge >= 0.3 is 5.97 Å². The molecular weight excluding hydrogens is 704 g/mol. The fraction of sp³-hybridized carbons (Fsp3) is 0.333. The first-order chi connectivity index (χ1) is 25.2. The highest BCUT2D eigenvalue weighted by Crippen LogP contribution is 2.38. The van der Waals surface area contributed by atoms with Crippen molar-refractivity contribution in [2.24, 2.45) is 0 Å². The summed E-state index contributed by atoms with van der Waals surface area (Å²) in [6.45, 7) is 0.741. The normalized spacial score (nSPS) is 28.9. The van der Waals surface area contributed by atoms with Crippen LogP contribution in [0.15, 0.2) is 76.0 Å². The van der Waals surface area contributed by atoms with E-state index >= 15 is 0 Å². The van der Waals surface area contributed by atoms with E-state index in [0.29, 0.717) is 5.56 Å². The Morgan fingerprint density at radius 1 is 0.774 bits per heavy atom. The summed E-state index contributed by atoms with van der Waals surface area (Å²) in [5, 5.41) is 93.4. The highest BCUT2D eigenvalue weighted by Gasteiger charge is 2.51. The van der Waals surface area contributed by atoms with E-state index in [1.54, 1.807) is 12.1 Å². The Balaban J connectivity index is 1.27. The predicted molar refractivity (Wildman–Crippen MR) is 180 cm³/mol. The van der Waals surface area contributed by atoms with Crippen molar-refractivity contribution in [2.75, 3.05) is 6.61 Å². The van der Waals surface area contributed by atoms with Crippen LogP contribution in [-0.4, -0.2) is 120 Å². The minimum atomic E-state index is -1.97. The molecule has 1 aromatic heterocycles. The lowest BCUT2D eigenvalue weighted by Crippen LogP contribution is -2.64. The molecule has 17 nitrogen and oxygen atoms in total. The molecule has 0 aliphatic carbocycles. The van der Waals surface area contributed by atoms with Gasteiger partial charge in [-0.15, -0.1) is 0 Å². The molecule has 2 saturated heterocycles. The highest BCUT2D eigenvalue weighted by atomic mass is 16.8. The SMILES string of the molecule is C[C@H]1O[C@@H](Oc2c(-c3ccc(O)cc3)oc3cc(O)cc(O)c3c2=O)[C@@H](O[C@@H]2O[C@H](COC(=O)/C=C/c3ccc(O)cc3)[C@@H](O)[C@H](O)[C@H]2O)[C@@H](O)[C@@H]1O. The Morgan fingerprint density at radius 3 is 2.11 bits per heavy atom. The number of ether oxygens (including phenoxy) is 5. The second-order valence-corrected chi connectivity index (χ2v) is 12.5. The van der Waals surface area contributed by atoms with Crippen LogP contribution in [0.4, 0.5) is 0 Å². The largest absolute Gasteiger partial charge is 0.508 e. The van der Waals surface area contributed by atoms with E-state index in [1.807, 2.05) is 0 Å². The van der Waals surface area contributed by atoms with Gasteiger partial charge in [0.1, 0.15) is 77.2 Å². The van der Waals surface area contributed by atoms with Crippen molar-refractivity contribution in [2.45, 2.75) is 68.3 Å². The lowest BCUT2D eigenvalue weighted by molar-refractivity contribution is -0.355. The molecule has 4 aromatic rings. The average Bonchev–Trinajstić information content (AvgIpc) is 3.12. The van der Waals surface area contributed by atoms with E-state index < -0.39 is 102 Å². The van der Waals surface area contributed by atoms with Crippen molar-refractivity contribution in [3.8, 4) is 40.1 Å². The van der Waals surface area contributed by atoms with Gasteiger partial charge in [0.2, 0.25) is 17.5 Å². The predicted octanol–water partition coefficient (Wildman–Crippen LogP) is 0.577. The van der Waals surface area contributed by atoms with E-state index in [1.165, 1.54) is 49.4 Å². The number of phenols is 4. The quantitative estimate of drug-likeness (QED) is 0.0838. The lowest BCUT2D eigenvalue weighted by Gasteiger charge is -2.45. The van der Waals surface area contributed by atoms with Crippen LogP contribution >= 0.6 is 0 Å². The molecule has 10 atom stereocenters. The average molecular weight is 741 g/mol. The third kappa shape index (κ3) is 7.92. The van der Waals surface area contributed by atoms with Gasteiger partial charge in [0, 0.05) is 23.8 Å². The van der Waals surface area contributed by atoms with Crippen LogP contribution in [0.25, 0.3) is 28.4 Å². The topological polar surface area (TPSA) is 275 Å². The van der Waals surface area contributed by atoms with Crippen LogP contribution in [0.5, 0.6) is 28.7 Å². The van der Waals surface area contributed by atoms with E-state index in [0.717, 1.165) is 18.2 Å². The minimum absolute atomic E-state index is 0.0280. The van der Waals surface area contributed by atoms with Crippen molar-refractivity contribution in [3.63, 3.8) is 0 Å². The molecule has 0 amide bonds. The summed E-state index contributed by atoms with van der Waals surface area (Å²) in [6.07, 6.45) is -14.8. The summed E-state index contributed by atoms with van der Waals surface area (Å²) in [5.41, 5.74) is -0.454. The number of carbonyl (C=O) groups is 1. The number of carbonyl (C=O) groups excluding carboxylic acids is 1. The van der Waals surface area contributed by atoms with Gasteiger partial charge in [-0.1, -0.05) is 12.1 Å². The number of hydrogen-bond acceptors (Lipinski definition) is 17. The monoisotopic (exact) mass is 740 g/mol. The Morgan fingerprint density at radius 2 is 1.43 bits per heavy atom. The summed E-state index contributed by atoms with van der Waals surface area (Å²) >= 11 is 0. The smallest absolute Gasteiger partial charge is 0.330 e. The van der Waals surface area contributed by atoms with Gasteiger partial charge < -0.3 is 74.1 Å². The first kappa shape index (κ1) is 37.5. The number of esters is 1. The zero-order valence-electron chi connectivity index (χ0n) is 27.7. The first-order valence-corrected chi connectivity index (χ1v) is 16.2. The van der Waals surface area contributed by atoms with Gasteiger partial charge in [0.25, 0.3) is 0 Å². The summed E-state index contributed by atoms with van der Waals surface area (Å²) in [5.74, 6) is -2.90. The number of fused-ring (bicyclic) bond motifs is 1. The summed E-state index contributed by atoms with van der Waals surface area (Å²) in [4.78, 5) is 26.3. The van der Waals surface area contributed by atoms with Crippen LogP contribution < -0.4 is 10.2 Å². The third-order valence-electron chi connectivity index (χ3n) is 8.72. The van der Waals surface area contributed by atoms with Crippen molar-refractivity contribution >= 4 is 23.0 Å². The van der Waals surface area contributed by atoms with Crippen LogP contribution in [0, 0.1) is 0 Å².